The van der Waals surface area contributed by atoms with Gasteiger partial charge in [0.05, 0.1) is 9.82 Å². The lowest BCUT2D eigenvalue weighted by molar-refractivity contribution is -0.384. The number of nitro benzene ring substituents is 1. The summed E-state index contributed by atoms with van der Waals surface area (Å²) in [7, 11) is -3.44. The highest BCUT2D eigenvalue weighted by molar-refractivity contribution is 7.90. The molecule has 7 heteroatoms. The number of hydrogen-bond acceptors (Lipinski definition) is 5. The average molecular weight is 286 g/mol. The van der Waals surface area contributed by atoms with Crippen LogP contribution in [0.25, 0.3) is 0 Å². The molecule has 0 radical (unpaired) electrons. The van der Waals surface area contributed by atoms with Gasteiger partial charge in [-0.05, 0) is 18.1 Å². The van der Waals surface area contributed by atoms with E-state index >= 15 is 0 Å². The molecule has 1 rings (SSSR count). The molecule has 0 saturated heterocycles. The van der Waals surface area contributed by atoms with Crippen LogP contribution in [0.4, 0.5) is 11.4 Å². The van der Waals surface area contributed by atoms with Crippen molar-refractivity contribution in [1.29, 1.82) is 0 Å². The van der Waals surface area contributed by atoms with Gasteiger partial charge in [-0.3, -0.25) is 10.1 Å². The van der Waals surface area contributed by atoms with Gasteiger partial charge in [0.2, 0.25) is 0 Å². The average Bonchev–Trinajstić information content (AvgIpc) is 2.34. The summed E-state index contributed by atoms with van der Waals surface area (Å²) in [6.45, 7) is 4.67. The van der Waals surface area contributed by atoms with Gasteiger partial charge in [0.15, 0.2) is 9.84 Å². The lowest BCUT2D eigenvalue weighted by Gasteiger charge is -2.12. The Morgan fingerprint density at radius 2 is 2.05 bits per heavy atom. The summed E-state index contributed by atoms with van der Waals surface area (Å²) in [5.74, 6) is 0.384. The minimum Gasteiger partial charge on any atom is -0.379 e. The van der Waals surface area contributed by atoms with E-state index in [0.717, 1.165) is 18.7 Å². The highest BCUT2D eigenvalue weighted by Gasteiger charge is 2.18. The predicted molar refractivity (Wildman–Crippen MR) is 74.2 cm³/mol. The van der Waals surface area contributed by atoms with Gasteiger partial charge in [0.25, 0.3) is 5.69 Å². The van der Waals surface area contributed by atoms with Crippen molar-refractivity contribution in [2.24, 2.45) is 5.92 Å². The third-order valence-corrected chi connectivity index (χ3v) is 4.04. The van der Waals surface area contributed by atoms with Crippen LogP contribution >= 0.6 is 0 Å². The third kappa shape index (κ3) is 4.20. The summed E-state index contributed by atoms with van der Waals surface area (Å²) in [6.07, 6.45) is 1.99. The zero-order valence-electron chi connectivity index (χ0n) is 11.2. The maximum absolute atomic E-state index is 11.4. The topological polar surface area (TPSA) is 89.3 Å². The second-order valence-corrected chi connectivity index (χ2v) is 6.62. The molecule has 0 saturated carbocycles. The summed E-state index contributed by atoms with van der Waals surface area (Å²) < 4.78 is 22.8. The number of nitrogens with zero attached hydrogens (tertiary/aromatic N) is 1. The fourth-order valence-electron chi connectivity index (χ4n) is 1.47. The van der Waals surface area contributed by atoms with E-state index < -0.39 is 14.8 Å². The summed E-state index contributed by atoms with van der Waals surface area (Å²) in [5.41, 5.74) is 0.129. The molecule has 0 aliphatic carbocycles. The van der Waals surface area contributed by atoms with Gasteiger partial charge in [-0.15, -0.1) is 0 Å². The van der Waals surface area contributed by atoms with Gasteiger partial charge in [0, 0.05) is 18.9 Å². The second-order valence-electron chi connectivity index (χ2n) is 4.60. The Morgan fingerprint density at radius 3 is 2.53 bits per heavy atom. The van der Waals surface area contributed by atoms with Crippen molar-refractivity contribution in [2.75, 3.05) is 18.1 Å². The van der Waals surface area contributed by atoms with Crippen molar-refractivity contribution in [1.82, 2.24) is 0 Å². The number of sulfone groups is 1. The molecule has 0 spiro atoms. The Hall–Kier alpha value is -1.63. The molecule has 1 unspecified atom stereocenters. The zero-order chi connectivity index (χ0) is 14.6. The van der Waals surface area contributed by atoms with E-state index in [4.69, 9.17) is 0 Å². The van der Waals surface area contributed by atoms with Gasteiger partial charge < -0.3 is 5.32 Å². The van der Waals surface area contributed by atoms with Crippen molar-refractivity contribution in [3.05, 3.63) is 28.3 Å². The van der Waals surface area contributed by atoms with Gasteiger partial charge in [0.1, 0.15) is 5.69 Å². The molecule has 106 valence electrons. The SMILES string of the molecule is CCC(C)CNc1ccc(S(C)(=O)=O)cc1[N+](=O)[O-]. The Balaban J connectivity index is 3.09. The lowest BCUT2D eigenvalue weighted by atomic mass is 10.1. The minimum absolute atomic E-state index is 0.0479. The van der Waals surface area contributed by atoms with E-state index in [9.17, 15) is 18.5 Å². The van der Waals surface area contributed by atoms with Crippen molar-refractivity contribution in [3.63, 3.8) is 0 Å². The van der Waals surface area contributed by atoms with Crippen LogP contribution in [-0.4, -0.2) is 26.1 Å². The quantitative estimate of drug-likeness (QED) is 0.641. The molecule has 6 nitrogen and oxygen atoms in total. The van der Waals surface area contributed by atoms with E-state index in [1.165, 1.54) is 12.1 Å². The molecule has 0 amide bonds. The molecule has 19 heavy (non-hydrogen) atoms. The first-order valence-corrected chi connectivity index (χ1v) is 7.87. The molecule has 0 heterocycles. The summed E-state index contributed by atoms with van der Waals surface area (Å²) in [5, 5.41) is 14.0. The van der Waals surface area contributed by atoms with Crippen molar-refractivity contribution in [3.8, 4) is 0 Å². The van der Waals surface area contributed by atoms with Gasteiger partial charge in [-0.1, -0.05) is 20.3 Å². The van der Waals surface area contributed by atoms with E-state index in [-0.39, 0.29) is 10.6 Å². The van der Waals surface area contributed by atoms with Crippen LogP contribution in [0, 0.1) is 16.0 Å². The Bertz CT molecular complexity index is 569. The number of nitro groups is 1. The molecule has 0 aromatic heterocycles. The standard InChI is InChI=1S/C12H18N2O4S/c1-4-9(2)8-13-11-6-5-10(19(3,17)18)7-12(11)14(15)16/h5-7,9,13H,4,8H2,1-3H3. The Kier molecular flexibility index (Phi) is 4.88. The zero-order valence-corrected chi connectivity index (χ0v) is 12.0. The van der Waals surface area contributed by atoms with Gasteiger partial charge in [-0.2, -0.15) is 0 Å². The molecule has 0 aliphatic rings. The molecule has 0 fully saturated rings. The molecular formula is C12H18N2O4S. The number of hydrogen-bond donors (Lipinski definition) is 1. The molecule has 1 N–H and O–H groups in total. The first-order chi connectivity index (χ1) is 8.75. The Labute approximate surface area is 112 Å². The van der Waals surface area contributed by atoms with Crippen LogP contribution in [0.5, 0.6) is 0 Å². The molecule has 1 aromatic rings. The van der Waals surface area contributed by atoms with E-state index in [0.29, 0.717) is 18.2 Å². The van der Waals surface area contributed by atoms with Crippen LogP contribution in [0.15, 0.2) is 23.1 Å². The monoisotopic (exact) mass is 286 g/mol. The molecule has 0 aliphatic heterocycles. The van der Waals surface area contributed by atoms with Crippen LogP contribution in [-0.2, 0) is 9.84 Å². The van der Waals surface area contributed by atoms with Crippen LogP contribution in [0.1, 0.15) is 20.3 Å². The molecule has 1 atom stereocenters. The first kappa shape index (κ1) is 15.4. The fourth-order valence-corrected chi connectivity index (χ4v) is 2.11. The maximum atomic E-state index is 11.4. The molecular weight excluding hydrogens is 268 g/mol. The van der Waals surface area contributed by atoms with E-state index in [1.807, 2.05) is 13.8 Å². The number of benzene rings is 1. The van der Waals surface area contributed by atoms with E-state index in [2.05, 4.69) is 5.32 Å². The van der Waals surface area contributed by atoms with Crippen LogP contribution in [0.3, 0.4) is 0 Å². The Morgan fingerprint density at radius 1 is 1.42 bits per heavy atom. The second kappa shape index (κ2) is 6.01. The lowest BCUT2D eigenvalue weighted by Crippen LogP contribution is -2.12. The predicted octanol–water partition coefficient (Wildman–Crippen LogP) is 2.46. The maximum Gasteiger partial charge on any atom is 0.293 e. The van der Waals surface area contributed by atoms with Crippen LogP contribution < -0.4 is 5.32 Å². The van der Waals surface area contributed by atoms with Crippen molar-refractivity contribution >= 4 is 21.2 Å². The number of nitrogens with one attached hydrogen (secondary N) is 1. The van der Waals surface area contributed by atoms with Crippen LogP contribution in [0.2, 0.25) is 0 Å². The fraction of sp³-hybridized carbons (Fsp3) is 0.500. The summed E-state index contributed by atoms with van der Waals surface area (Å²) in [6, 6.07) is 3.91. The highest BCUT2D eigenvalue weighted by atomic mass is 32.2. The van der Waals surface area contributed by atoms with Crippen molar-refractivity contribution < 1.29 is 13.3 Å². The van der Waals surface area contributed by atoms with E-state index in [1.54, 1.807) is 0 Å². The van der Waals surface area contributed by atoms with Crippen molar-refractivity contribution in [2.45, 2.75) is 25.2 Å². The normalized spacial score (nSPS) is 13.0. The summed E-state index contributed by atoms with van der Waals surface area (Å²) >= 11 is 0. The number of rotatable bonds is 6. The highest BCUT2D eigenvalue weighted by Crippen LogP contribution is 2.27. The summed E-state index contributed by atoms with van der Waals surface area (Å²) in [4.78, 5) is 10.4. The number of anilines is 1. The first-order valence-electron chi connectivity index (χ1n) is 5.98. The largest absolute Gasteiger partial charge is 0.379 e. The third-order valence-electron chi connectivity index (χ3n) is 2.93. The smallest absolute Gasteiger partial charge is 0.293 e. The van der Waals surface area contributed by atoms with Gasteiger partial charge >= 0.3 is 0 Å². The van der Waals surface area contributed by atoms with Gasteiger partial charge in [-0.25, -0.2) is 8.42 Å². The minimum atomic E-state index is -3.44. The molecule has 0 bridgehead atoms. The molecule has 1 aromatic carbocycles.